The Balaban J connectivity index is 0.787. The molecule has 24 rings (SSSR count). The minimum Gasteiger partial charge on any atom is -0.458 e. The molecule has 9 heterocycles. The zero-order valence-electron chi connectivity index (χ0n) is 67.8. The van der Waals surface area contributed by atoms with Crippen LogP contribution in [0.15, 0.2) is 279 Å². The summed E-state index contributed by atoms with van der Waals surface area (Å²) in [7, 11) is -6.53. The summed E-state index contributed by atoms with van der Waals surface area (Å²) in [5, 5.41) is 12.7. The monoisotopic (exact) mass is 1560 g/mol. The van der Waals surface area contributed by atoms with Gasteiger partial charge in [-0.2, -0.15) is 0 Å². The quantitative estimate of drug-likeness (QED) is 0.170. The maximum Gasteiger partial charge on any atom is 0.256 e. The zero-order chi connectivity index (χ0) is 78.9. The van der Waals surface area contributed by atoms with E-state index in [0.717, 1.165) is 130 Å². The minimum atomic E-state index is -2.24. The van der Waals surface area contributed by atoms with Crippen molar-refractivity contribution in [2.45, 2.75) is 80.8 Å². The predicted molar refractivity (Wildman–Crippen MR) is 502 cm³/mol. The molecule has 117 heavy (non-hydrogen) atoms. The lowest BCUT2D eigenvalue weighted by Crippen LogP contribution is -2.65. The van der Waals surface area contributed by atoms with Gasteiger partial charge in [-0.15, -0.1) is 0 Å². The Morgan fingerprint density at radius 1 is 0.239 bits per heavy atom. The molecule has 0 spiro atoms. The Labute approximate surface area is 688 Å². The van der Waals surface area contributed by atoms with Gasteiger partial charge in [0.05, 0.1) is 28.4 Å². The number of fused-ring (bicyclic) bond motifs is 18. The lowest BCUT2D eigenvalue weighted by Gasteiger charge is -2.46. The van der Waals surface area contributed by atoms with Crippen molar-refractivity contribution in [2.75, 3.05) is 29.8 Å². The van der Waals surface area contributed by atoms with Crippen LogP contribution in [-0.4, -0.2) is 44.4 Å². The molecule has 0 fully saturated rings. The van der Waals surface area contributed by atoms with Crippen LogP contribution in [-0.2, 0) is 0 Å². The van der Waals surface area contributed by atoms with Gasteiger partial charge in [-0.25, -0.2) is 0 Å². The van der Waals surface area contributed by atoms with Crippen LogP contribution in [0.2, 0.25) is 39.3 Å². The van der Waals surface area contributed by atoms with Crippen LogP contribution in [0.3, 0.4) is 0 Å². The molecule has 0 atom stereocenters. The van der Waals surface area contributed by atoms with Gasteiger partial charge >= 0.3 is 0 Å². The number of aryl methyl sites for hydroxylation is 6. The summed E-state index contributed by atoms with van der Waals surface area (Å²) < 4.78 is 23.1. The number of hydrogen-bond acceptors (Lipinski definition) is 9. The van der Waals surface area contributed by atoms with E-state index in [4.69, 9.17) is 14.2 Å². The van der Waals surface area contributed by atoms with Gasteiger partial charge in [-0.3, -0.25) is 0 Å². The van der Waals surface area contributed by atoms with E-state index in [1.165, 1.54) is 115 Å². The molecule has 0 aromatic heterocycles. The molecule has 560 valence electrons. The van der Waals surface area contributed by atoms with E-state index in [0.29, 0.717) is 0 Å². The van der Waals surface area contributed by atoms with Gasteiger partial charge in [-0.05, 0) is 217 Å². The summed E-state index contributed by atoms with van der Waals surface area (Å²) in [6.07, 6.45) is 0. The van der Waals surface area contributed by atoms with Crippen LogP contribution >= 0.6 is 0 Å². The maximum atomic E-state index is 8.22. The summed E-state index contributed by atoms with van der Waals surface area (Å²) in [5.74, 6) is 5.07. The molecule has 0 aliphatic carbocycles. The van der Waals surface area contributed by atoms with Crippen molar-refractivity contribution in [3.63, 3.8) is 0 Å². The van der Waals surface area contributed by atoms with Crippen molar-refractivity contribution >= 4 is 221 Å². The number of hydrogen-bond donors (Lipinski definition) is 1. The van der Waals surface area contributed by atoms with Crippen LogP contribution in [0, 0.1) is 41.5 Å². The van der Waals surface area contributed by atoms with E-state index < -0.39 is 24.2 Å². The summed E-state index contributed by atoms with van der Waals surface area (Å²) in [6.45, 7) is 27.9. The average Bonchev–Trinajstić information content (AvgIpc) is 0.675. The Morgan fingerprint density at radius 3 is 0.957 bits per heavy atom. The number of nitrogens with one attached hydrogen (secondary N) is 1. The Bertz CT molecular complexity index is 6820. The van der Waals surface area contributed by atoms with E-state index >= 15 is 0 Å². The van der Waals surface area contributed by atoms with Crippen molar-refractivity contribution in [3.8, 4) is 34.5 Å². The van der Waals surface area contributed by atoms with Gasteiger partial charge in [0.2, 0.25) is 0 Å². The zero-order valence-corrected chi connectivity index (χ0v) is 70.8. The van der Waals surface area contributed by atoms with E-state index in [9.17, 15) is 0 Å². The summed E-state index contributed by atoms with van der Waals surface area (Å²) >= 11 is 0. The van der Waals surface area contributed by atoms with Crippen LogP contribution < -0.4 is 124 Å². The highest BCUT2D eigenvalue weighted by Crippen LogP contribution is 2.54. The molecule has 0 bridgehead atoms. The fraction of sp³-hybridized carbons (Fsp3) is 0.118. The SMILES string of the molecule is Cc1cc(C)c(N2c3cc4c(cc3B3c5cc6c(cc5Oc5cc(N7c8ccccc8[Si](C)(C)c8ccccc87)cc2c53)N(c2c(C)cc(C)cc2C)c2cc(N3c5ccccc5[Si](C)(C)c5ccccc53)cc3c2B6c2ccccc2O3)B2c3ccccc3Oc3cc(N5c6ccccc6[Si](C)(C)c6ccccc65)cc(c32)N4)c(C)c1. The van der Waals surface area contributed by atoms with Gasteiger partial charge in [0.25, 0.3) is 20.1 Å². The summed E-state index contributed by atoms with van der Waals surface area (Å²) in [5.41, 5.74) is 36.7. The minimum absolute atomic E-state index is 0.203. The normalized spacial score (nSPS) is 15.7. The number of ether oxygens (including phenoxy) is 3. The average molecular weight is 1560 g/mol. The molecule has 0 amide bonds. The molecule has 15 heteroatoms. The van der Waals surface area contributed by atoms with E-state index in [1.807, 2.05) is 0 Å². The van der Waals surface area contributed by atoms with Crippen LogP contribution in [0.1, 0.15) is 33.4 Å². The van der Waals surface area contributed by atoms with Crippen LogP contribution in [0.4, 0.5) is 96.7 Å². The standard InChI is InChI=1S/C102H83B3N6O3Si3/c1-59-45-61(3)101(62(4)46-59)110-82-57-74-70(103-68-29-13-21-37-86(68)112-89-52-65(49-75(106-74)98(89)103)107-76-31-15-23-39-92(76)115(7,8)93-40-24-16-32-77(93)107)55-71(82)105-73-56-72-83(58-88(73)114-91-54-67(51-85(110)100(91)105)109-80-35-19-27-43-96(80)117(11,12)97-44-28-20-36-81(97)109)111(102-63(5)47-60(2)48-64(102)6)84-50-66(53-90-99(84)104(72)69-30-14-22-38-87(69)113-90)108-78-33-17-25-41-94(78)116(9,10)95-42-26-18-34-79(95)108/h13-58,106H,1-12H3. The van der Waals surface area contributed by atoms with Gasteiger partial charge in [0.15, 0.2) is 0 Å². The number of nitrogens with zero attached hydrogens (tertiary/aromatic N) is 5. The third-order valence-electron chi connectivity index (χ3n) is 27.6. The molecule has 0 saturated heterocycles. The third-order valence-corrected chi connectivity index (χ3v) is 38.2. The molecule has 9 aliphatic rings. The van der Waals surface area contributed by atoms with Crippen LogP contribution in [0.5, 0.6) is 34.5 Å². The van der Waals surface area contributed by atoms with Gasteiger partial charge in [-0.1, -0.05) is 232 Å². The first-order valence-corrected chi connectivity index (χ1v) is 50.4. The molecule has 0 unspecified atom stereocenters. The van der Waals surface area contributed by atoms with E-state index in [1.54, 1.807) is 0 Å². The molecule has 0 saturated carbocycles. The van der Waals surface area contributed by atoms with Crippen molar-refractivity contribution in [2.24, 2.45) is 0 Å². The number of benzene rings is 15. The molecule has 0 radical (unpaired) electrons. The lowest BCUT2D eigenvalue weighted by atomic mass is 9.29. The molecular weight excluding hydrogens is 1470 g/mol. The smallest absolute Gasteiger partial charge is 0.256 e. The van der Waals surface area contributed by atoms with Crippen molar-refractivity contribution in [1.29, 1.82) is 0 Å². The molecule has 1 N–H and O–H groups in total. The number of anilines is 17. The van der Waals surface area contributed by atoms with Gasteiger partial charge in [0, 0.05) is 92.5 Å². The first kappa shape index (κ1) is 68.7. The van der Waals surface area contributed by atoms with E-state index in [2.05, 4.69) is 390 Å². The molecule has 9 nitrogen and oxygen atoms in total. The maximum absolute atomic E-state index is 8.22. The summed E-state index contributed by atoms with van der Waals surface area (Å²) in [6, 6.07) is 107. The fourth-order valence-corrected chi connectivity index (χ4v) is 31.7. The van der Waals surface area contributed by atoms with Crippen molar-refractivity contribution in [3.05, 3.63) is 312 Å². The van der Waals surface area contributed by atoms with E-state index in [-0.39, 0.29) is 20.1 Å². The first-order valence-electron chi connectivity index (χ1n) is 41.4. The van der Waals surface area contributed by atoms with Crippen molar-refractivity contribution in [1.82, 2.24) is 0 Å². The second kappa shape index (κ2) is 24.2. The number of para-hydroxylation sites is 8. The Kier molecular flexibility index (Phi) is 14.2. The Morgan fingerprint density at radius 2 is 0.556 bits per heavy atom. The molecule has 15 aromatic rings. The van der Waals surface area contributed by atoms with Crippen LogP contribution in [0.25, 0.3) is 0 Å². The largest absolute Gasteiger partial charge is 0.458 e. The highest BCUT2D eigenvalue weighted by atomic mass is 28.3. The molecule has 9 aliphatic heterocycles. The second-order valence-corrected chi connectivity index (χ2v) is 48.5. The van der Waals surface area contributed by atoms with Crippen molar-refractivity contribution < 1.29 is 14.2 Å². The summed E-state index contributed by atoms with van der Waals surface area (Å²) in [4.78, 5) is 12.8. The van der Waals surface area contributed by atoms with Gasteiger partial charge < -0.3 is 44.0 Å². The highest BCUT2D eigenvalue weighted by Gasteiger charge is 2.52. The third kappa shape index (κ3) is 9.44. The molecule has 15 aromatic carbocycles. The van der Waals surface area contributed by atoms with Gasteiger partial charge in [0.1, 0.15) is 58.7 Å². The fourth-order valence-electron chi connectivity index (χ4n) is 22.7. The topological polar surface area (TPSA) is 55.9 Å². The Hall–Kier alpha value is -12.7. The second-order valence-electron chi connectivity index (χ2n) is 35.6. The predicted octanol–water partition coefficient (Wildman–Crippen LogP) is 16.8. The lowest BCUT2D eigenvalue weighted by molar-refractivity contribution is 0.487. The molecular formula is C102H83B3N6O3Si3. The first-order chi connectivity index (χ1) is 56.8. The number of rotatable bonds is 5. The highest BCUT2D eigenvalue weighted by molar-refractivity contribution is 7.06.